The maximum atomic E-state index is 12.6. The predicted octanol–water partition coefficient (Wildman–Crippen LogP) is 3.15. The van der Waals surface area contributed by atoms with E-state index in [1.54, 1.807) is 6.20 Å². The number of carbonyl (C=O) groups is 1. The summed E-state index contributed by atoms with van der Waals surface area (Å²) in [7, 11) is 0. The lowest BCUT2D eigenvalue weighted by atomic mass is 10.1. The van der Waals surface area contributed by atoms with Crippen molar-refractivity contribution in [3.63, 3.8) is 0 Å². The second-order valence-corrected chi connectivity index (χ2v) is 6.12. The number of hydrogen-bond acceptors (Lipinski definition) is 3. The summed E-state index contributed by atoms with van der Waals surface area (Å²) in [5.74, 6) is 1.07. The number of aromatic nitrogens is 3. The van der Waals surface area contributed by atoms with E-state index in [1.807, 2.05) is 43.5 Å². The highest BCUT2D eigenvalue weighted by Gasteiger charge is 2.35. The number of nitrogens with one attached hydrogen (secondary N) is 2. The zero-order valence-electron chi connectivity index (χ0n) is 12.9. The highest BCUT2D eigenvalue weighted by atomic mass is 16.1. The number of rotatable bonds is 4. The summed E-state index contributed by atoms with van der Waals surface area (Å²) < 4.78 is 0. The number of amides is 1. The molecule has 0 radical (unpaired) electrons. The van der Waals surface area contributed by atoms with Crippen molar-refractivity contribution in [3.8, 4) is 0 Å². The van der Waals surface area contributed by atoms with Gasteiger partial charge in [-0.25, -0.2) is 9.97 Å². The van der Waals surface area contributed by atoms with Crippen molar-refractivity contribution in [1.29, 1.82) is 0 Å². The monoisotopic (exact) mass is 306 g/mol. The third-order valence-corrected chi connectivity index (χ3v) is 4.29. The van der Waals surface area contributed by atoms with Crippen molar-refractivity contribution in [2.24, 2.45) is 5.92 Å². The maximum absolute atomic E-state index is 12.6. The topological polar surface area (TPSA) is 70.7 Å². The minimum Gasteiger partial charge on any atom is -0.361 e. The Morgan fingerprint density at radius 3 is 2.96 bits per heavy atom. The molecule has 0 bridgehead atoms. The van der Waals surface area contributed by atoms with E-state index in [0.717, 1.165) is 29.4 Å². The van der Waals surface area contributed by atoms with Gasteiger partial charge in [0.15, 0.2) is 5.82 Å². The molecule has 1 aliphatic rings. The molecular formula is C18H18N4O. The Morgan fingerprint density at radius 1 is 1.30 bits per heavy atom. The van der Waals surface area contributed by atoms with E-state index in [4.69, 9.17) is 0 Å². The summed E-state index contributed by atoms with van der Waals surface area (Å²) >= 11 is 0. The third kappa shape index (κ3) is 2.82. The van der Waals surface area contributed by atoms with Crippen LogP contribution in [0.4, 0.5) is 0 Å². The van der Waals surface area contributed by atoms with E-state index in [0.29, 0.717) is 17.3 Å². The van der Waals surface area contributed by atoms with Crippen LogP contribution in [0.25, 0.3) is 10.9 Å². The van der Waals surface area contributed by atoms with Gasteiger partial charge in [0.25, 0.3) is 5.91 Å². The van der Waals surface area contributed by atoms with Crippen LogP contribution in [0, 0.1) is 12.8 Å². The summed E-state index contributed by atoms with van der Waals surface area (Å²) in [6, 6.07) is 9.44. The molecule has 2 aromatic heterocycles. The number of carbonyl (C=O) groups excluding carboxylic acids is 1. The molecule has 5 heteroatoms. The molecule has 1 saturated carbocycles. The fourth-order valence-electron chi connectivity index (χ4n) is 2.85. The van der Waals surface area contributed by atoms with Gasteiger partial charge in [0.2, 0.25) is 0 Å². The van der Waals surface area contributed by atoms with E-state index in [9.17, 15) is 4.79 Å². The first kappa shape index (κ1) is 13.9. The molecule has 1 aromatic carbocycles. The summed E-state index contributed by atoms with van der Waals surface area (Å²) in [5.41, 5.74) is 2.54. The van der Waals surface area contributed by atoms with Crippen LogP contribution in [-0.4, -0.2) is 20.9 Å². The fourth-order valence-corrected chi connectivity index (χ4v) is 2.85. The van der Waals surface area contributed by atoms with Crippen LogP contribution in [0.3, 0.4) is 0 Å². The summed E-state index contributed by atoms with van der Waals surface area (Å²) in [5, 5.41) is 4.22. The molecule has 1 aliphatic carbocycles. The number of hydrogen-bond donors (Lipinski definition) is 2. The Balaban J connectivity index is 1.60. The fraction of sp³-hybridized carbons (Fsp3) is 0.278. The van der Waals surface area contributed by atoms with Crippen LogP contribution in [-0.2, 0) is 0 Å². The smallest absolute Gasteiger partial charge is 0.251 e. The molecule has 4 rings (SSSR count). The lowest BCUT2D eigenvalue weighted by Gasteiger charge is -2.17. The lowest BCUT2D eigenvalue weighted by molar-refractivity contribution is 0.0929. The van der Waals surface area contributed by atoms with Gasteiger partial charge < -0.3 is 10.3 Å². The molecule has 2 heterocycles. The second kappa shape index (κ2) is 5.50. The summed E-state index contributed by atoms with van der Waals surface area (Å²) in [4.78, 5) is 24.6. The molecule has 0 spiro atoms. The number of benzene rings is 1. The minimum absolute atomic E-state index is 0.0801. The Kier molecular flexibility index (Phi) is 3.33. The van der Waals surface area contributed by atoms with E-state index in [1.165, 1.54) is 0 Å². The molecule has 1 unspecified atom stereocenters. The maximum Gasteiger partial charge on any atom is 0.251 e. The largest absolute Gasteiger partial charge is 0.361 e. The molecule has 3 aromatic rings. The van der Waals surface area contributed by atoms with Crippen LogP contribution in [0.15, 0.2) is 42.7 Å². The number of aromatic amines is 1. The molecular weight excluding hydrogens is 288 g/mol. The highest BCUT2D eigenvalue weighted by Crippen LogP contribution is 2.40. The zero-order chi connectivity index (χ0) is 15.8. The molecule has 2 N–H and O–H groups in total. The van der Waals surface area contributed by atoms with Gasteiger partial charge in [-0.2, -0.15) is 0 Å². The Bertz CT molecular complexity index is 866. The molecule has 0 saturated heterocycles. The molecule has 0 aliphatic heterocycles. The van der Waals surface area contributed by atoms with Gasteiger partial charge in [0, 0.05) is 29.2 Å². The minimum atomic E-state index is -0.110. The van der Waals surface area contributed by atoms with Gasteiger partial charge in [0.05, 0.1) is 6.04 Å². The van der Waals surface area contributed by atoms with Gasteiger partial charge in [-0.15, -0.1) is 0 Å². The second-order valence-electron chi connectivity index (χ2n) is 6.12. The van der Waals surface area contributed by atoms with Gasteiger partial charge in [0.1, 0.15) is 0 Å². The molecule has 1 atom stereocenters. The standard InChI is InChI=1S/C18H18N4O/c1-11-6-8-20-17(21-11)16(13-3-4-13)22-18(23)14-5-2-12-7-9-19-15(12)10-14/h2,5-10,13,16,19H,3-4H2,1H3,(H,22,23). The van der Waals surface area contributed by atoms with Crippen molar-refractivity contribution >= 4 is 16.8 Å². The van der Waals surface area contributed by atoms with Crippen molar-refractivity contribution < 1.29 is 4.79 Å². The van der Waals surface area contributed by atoms with Crippen LogP contribution >= 0.6 is 0 Å². The summed E-state index contributed by atoms with van der Waals surface area (Å²) in [6.45, 7) is 1.94. The van der Waals surface area contributed by atoms with Gasteiger partial charge in [-0.3, -0.25) is 4.79 Å². The number of nitrogens with zero attached hydrogens (tertiary/aromatic N) is 2. The SMILES string of the molecule is Cc1ccnc(C(NC(=O)c2ccc3cc[nH]c3c2)C2CC2)n1. The zero-order valence-corrected chi connectivity index (χ0v) is 12.9. The van der Waals surface area contributed by atoms with Gasteiger partial charge >= 0.3 is 0 Å². The first-order valence-electron chi connectivity index (χ1n) is 7.88. The van der Waals surface area contributed by atoms with Crippen LogP contribution in [0.5, 0.6) is 0 Å². The number of fused-ring (bicyclic) bond motifs is 1. The molecule has 5 nitrogen and oxygen atoms in total. The lowest BCUT2D eigenvalue weighted by Crippen LogP contribution is -2.31. The van der Waals surface area contributed by atoms with Gasteiger partial charge in [-0.1, -0.05) is 6.07 Å². The van der Waals surface area contributed by atoms with E-state index < -0.39 is 0 Å². The third-order valence-electron chi connectivity index (χ3n) is 4.29. The molecule has 116 valence electrons. The van der Waals surface area contributed by atoms with E-state index in [2.05, 4.69) is 20.3 Å². The summed E-state index contributed by atoms with van der Waals surface area (Å²) in [6.07, 6.45) is 5.85. The van der Waals surface area contributed by atoms with E-state index in [-0.39, 0.29) is 11.9 Å². The Labute approximate surface area is 134 Å². The van der Waals surface area contributed by atoms with Crippen LogP contribution in [0.2, 0.25) is 0 Å². The Morgan fingerprint density at radius 2 is 2.17 bits per heavy atom. The Hall–Kier alpha value is -2.69. The molecule has 1 amide bonds. The molecule has 23 heavy (non-hydrogen) atoms. The number of aryl methyl sites for hydroxylation is 1. The van der Waals surface area contributed by atoms with Crippen molar-refractivity contribution in [2.45, 2.75) is 25.8 Å². The first-order chi connectivity index (χ1) is 11.2. The highest BCUT2D eigenvalue weighted by molar-refractivity contribution is 5.98. The first-order valence-corrected chi connectivity index (χ1v) is 7.88. The predicted molar refractivity (Wildman–Crippen MR) is 88.0 cm³/mol. The van der Waals surface area contributed by atoms with Crippen molar-refractivity contribution in [3.05, 3.63) is 59.8 Å². The van der Waals surface area contributed by atoms with E-state index >= 15 is 0 Å². The quantitative estimate of drug-likeness (QED) is 0.778. The average Bonchev–Trinajstić information content (AvgIpc) is 3.28. The van der Waals surface area contributed by atoms with Gasteiger partial charge in [-0.05, 0) is 55.3 Å². The van der Waals surface area contributed by atoms with Crippen LogP contribution < -0.4 is 5.32 Å². The average molecular weight is 306 g/mol. The number of H-pyrrole nitrogens is 1. The van der Waals surface area contributed by atoms with Crippen molar-refractivity contribution in [1.82, 2.24) is 20.3 Å². The van der Waals surface area contributed by atoms with Crippen molar-refractivity contribution in [2.75, 3.05) is 0 Å². The van der Waals surface area contributed by atoms with Crippen LogP contribution in [0.1, 0.15) is 40.8 Å². The molecule has 1 fully saturated rings. The normalized spacial score (nSPS) is 15.5.